The van der Waals surface area contributed by atoms with Crippen LogP contribution in [0.1, 0.15) is 16.1 Å². The van der Waals surface area contributed by atoms with Crippen LogP contribution in [0.5, 0.6) is 0 Å². The number of morpholine rings is 1. The zero-order valence-corrected chi connectivity index (χ0v) is 12.7. The Morgan fingerprint density at radius 1 is 1.43 bits per heavy atom. The van der Waals surface area contributed by atoms with Gasteiger partial charge in [-0.1, -0.05) is 0 Å². The number of aryl methyl sites for hydroxylation is 1. The van der Waals surface area contributed by atoms with Gasteiger partial charge in [0.15, 0.2) is 0 Å². The van der Waals surface area contributed by atoms with Crippen LogP contribution in [0.3, 0.4) is 0 Å². The van der Waals surface area contributed by atoms with Crippen LogP contribution in [0.25, 0.3) is 0 Å². The molecular formula is C15H21N3O3. The number of carbonyl (C=O) groups excluding carboxylic acids is 1. The molecule has 6 heteroatoms. The van der Waals surface area contributed by atoms with Gasteiger partial charge >= 0.3 is 5.97 Å². The van der Waals surface area contributed by atoms with Gasteiger partial charge in [-0.05, 0) is 26.1 Å². The first kappa shape index (κ1) is 14.3. The molecule has 3 rings (SSSR count). The highest BCUT2D eigenvalue weighted by atomic mass is 16.5. The summed E-state index contributed by atoms with van der Waals surface area (Å²) in [6, 6.07) is 4.09. The molecule has 0 amide bonds. The van der Waals surface area contributed by atoms with Gasteiger partial charge in [-0.25, -0.2) is 9.78 Å². The molecule has 2 atom stereocenters. The van der Waals surface area contributed by atoms with E-state index in [1.54, 1.807) is 6.07 Å². The Bertz CT molecular complexity index is 549. The van der Waals surface area contributed by atoms with Crippen molar-refractivity contribution in [3.63, 3.8) is 0 Å². The minimum atomic E-state index is -0.343. The van der Waals surface area contributed by atoms with E-state index in [1.165, 1.54) is 7.11 Å². The summed E-state index contributed by atoms with van der Waals surface area (Å²) in [5.41, 5.74) is 1.22. The molecule has 0 radical (unpaired) electrons. The maximum absolute atomic E-state index is 11.6. The van der Waals surface area contributed by atoms with E-state index in [0.717, 1.165) is 32.1 Å². The van der Waals surface area contributed by atoms with Crippen molar-refractivity contribution in [3.05, 3.63) is 23.4 Å². The van der Waals surface area contributed by atoms with Crippen LogP contribution in [-0.2, 0) is 9.47 Å². The number of carbonyl (C=O) groups is 1. The van der Waals surface area contributed by atoms with Crippen molar-refractivity contribution < 1.29 is 14.3 Å². The predicted octanol–water partition coefficient (Wildman–Crippen LogP) is 0.696. The van der Waals surface area contributed by atoms with Crippen LogP contribution in [0, 0.1) is 6.92 Å². The lowest BCUT2D eigenvalue weighted by atomic mass is 10.1. The number of likely N-dealkylation sites (N-methyl/N-ethyl adjacent to an activating group) is 1. The first-order valence-electron chi connectivity index (χ1n) is 7.23. The third kappa shape index (κ3) is 2.61. The van der Waals surface area contributed by atoms with Crippen LogP contribution in [0.15, 0.2) is 12.1 Å². The highest BCUT2D eigenvalue weighted by Gasteiger charge is 2.39. The fourth-order valence-corrected chi connectivity index (χ4v) is 3.09. The van der Waals surface area contributed by atoms with E-state index in [2.05, 4.69) is 21.8 Å². The van der Waals surface area contributed by atoms with Gasteiger partial charge in [-0.2, -0.15) is 0 Å². The molecule has 21 heavy (non-hydrogen) atoms. The second-order valence-electron chi connectivity index (χ2n) is 5.66. The normalized spacial score (nSPS) is 25.8. The molecule has 2 aliphatic rings. The molecule has 0 saturated carbocycles. The van der Waals surface area contributed by atoms with Crippen LogP contribution >= 0.6 is 0 Å². The van der Waals surface area contributed by atoms with Gasteiger partial charge in [-0.15, -0.1) is 0 Å². The molecule has 2 aliphatic heterocycles. The van der Waals surface area contributed by atoms with Gasteiger partial charge in [0.25, 0.3) is 0 Å². The summed E-state index contributed by atoms with van der Waals surface area (Å²) in [6.45, 7) is 5.35. The monoisotopic (exact) mass is 291 g/mol. The third-order valence-electron chi connectivity index (χ3n) is 4.38. The molecule has 6 nitrogen and oxygen atoms in total. The Balaban J connectivity index is 1.79. The SMILES string of the molecule is COC(=O)c1ccc(N2CC3OCCN(C)C3C2)nc1C. The van der Waals surface area contributed by atoms with Crippen molar-refractivity contribution in [2.24, 2.45) is 0 Å². The molecule has 0 bridgehead atoms. The first-order chi connectivity index (χ1) is 10.1. The minimum Gasteiger partial charge on any atom is -0.465 e. The maximum Gasteiger partial charge on any atom is 0.339 e. The highest BCUT2D eigenvalue weighted by Crippen LogP contribution is 2.26. The largest absolute Gasteiger partial charge is 0.465 e. The van der Waals surface area contributed by atoms with E-state index in [0.29, 0.717) is 17.3 Å². The van der Waals surface area contributed by atoms with E-state index in [1.807, 2.05) is 13.0 Å². The number of hydrogen-bond acceptors (Lipinski definition) is 6. The van der Waals surface area contributed by atoms with Crippen LogP contribution in [0.2, 0.25) is 0 Å². The number of nitrogens with zero attached hydrogens (tertiary/aromatic N) is 3. The average Bonchev–Trinajstić information content (AvgIpc) is 2.92. The Kier molecular flexibility index (Phi) is 3.82. The predicted molar refractivity (Wildman–Crippen MR) is 78.7 cm³/mol. The van der Waals surface area contributed by atoms with E-state index in [4.69, 9.17) is 9.47 Å². The smallest absolute Gasteiger partial charge is 0.339 e. The standard InChI is InChI=1S/C15H21N3O3/c1-10-11(15(19)20-3)4-5-14(16-10)18-8-12-13(9-18)21-7-6-17(12)2/h4-5,12-13H,6-9H2,1-3H3. The summed E-state index contributed by atoms with van der Waals surface area (Å²) in [5, 5.41) is 0. The second-order valence-corrected chi connectivity index (χ2v) is 5.66. The summed E-state index contributed by atoms with van der Waals surface area (Å²) >= 11 is 0. The number of hydrogen-bond donors (Lipinski definition) is 0. The summed E-state index contributed by atoms with van der Waals surface area (Å²) in [6.07, 6.45) is 0.242. The fourth-order valence-electron chi connectivity index (χ4n) is 3.09. The molecule has 2 unspecified atom stereocenters. The summed E-state index contributed by atoms with van der Waals surface area (Å²) < 4.78 is 10.6. The zero-order chi connectivity index (χ0) is 15.0. The van der Waals surface area contributed by atoms with Crippen molar-refractivity contribution in [2.45, 2.75) is 19.1 Å². The number of rotatable bonds is 2. The van der Waals surface area contributed by atoms with Crippen molar-refractivity contribution in [2.75, 3.05) is 45.3 Å². The third-order valence-corrected chi connectivity index (χ3v) is 4.38. The van der Waals surface area contributed by atoms with Gasteiger partial charge in [0, 0.05) is 19.6 Å². The quantitative estimate of drug-likeness (QED) is 0.748. The molecule has 3 heterocycles. The topological polar surface area (TPSA) is 54.9 Å². The molecule has 2 saturated heterocycles. The van der Waals surface area contributed by atoms with E-state index < -0.39 is 0 Å². The molecule has 0 N–H and O–H groups in total. The summed E-state index contributed by atoms with van der Waals surface area (Å²) in [7, 11) is 3.52. The molecule has 1 aromatic heterocycles. The molecule has 1 aromatic rings. The molecular weight excluding hydrogens is 270 g/mol. The fraction of sp³-hybridized carbons (Fsp3) is 0.600. The number of methoxy groups -OCH3 is 1. The van der Waals surface area contributed by atoms with Crippen LogP contribution in [-0.4, -0.2) is 68.4 Å². The van der Waals surface area contributed by atoms with Crippen molar-refractivity contribution in [1.82, 2.24) is 9.88 Å². The Morgan fingerprint density at radius 3 is 2.90 bits per heavy atom. The lowest BCUT2D eigenvalue weighted by molar-refractivity contribution is -0.0362. The van der Waals surface area contributed by atoms with Gasteiger partial charge in [0.05, 0.1) is 37.1 Å². The number of esters is 1. The molecule has 2 fully saturated rings. The number of anilines is 1. The number of pyridine rings is 1. The highest BCUT2D eigenvalue weighted by molar-refractivity contribution is 5.90. The minimum absolute atomic E-state index is 0.242. The molecule has 0 aromatic carbocycles. The van der Waals surface area contributed by atoms with Gasteiger partial charge in [0.1, 0.15) is 5.82 Å². The second kappa shape index (κ2) is 5.61. The van der Waals surface area contributed by atoms with Crippen LogP contribution < -0.4 is 4.90 Å². The van der Waals surface area contributed by atoms with Crippen molar-refractivity contribution in [3.8, 4) is 0 Å². The first-order valence-corrected chi connectivity index (χ1v) is 7.23. The van der Waals surface area contributed by atoms with Gasteiger partial charge in [-0.3, -0.25) is 4.90 Å². The molecule has 114 valence electrons. The van der Waals surface area contributed by atoms with Crippen molar-refractivity contribution in [1.29, 1.82) is 0 Å². The lowest BCUT2D eigenvalue weighted by Gasteiger charge is -2.33. The van der Waals surface area contributed by atoms with Gasteiger partial charge in [0.2, 0.25) is 0 Å². The maximum atomic E-state index is 11.6. The van der Waals surface area contributed by atoms with E-state index in [9.17, 15) is 4.79 Å². The van der Waals surface area contributed by atoms with Gasteiger partial charge < -0.3 is 14.4 Å². The lowest BCUT2D eigenvalue weighted by Crippen LogP contribution is -2.48. The average molecular weight is 291 g/mol. The van der Waals surface area contributed by atoms with E-state index in [-0.39, 0.29) is 12.1 Å². The number of fused-ring (bicyclic) bond motifs is 1. The number of ether oxygens (including phenoxy) is 2. The molecule has 0 spiro atoms. The summed E-state index contributed by atoms with van der Waals surface area (Å²) in [4.78, 5) is 20.7. The summed E-state index contributed by atoms with van der Waals surface area (Å²) in [5.74, 6) is 0.552. The Labute approximate surface area is 124 Å². The molecule has 0 aliphatic carbocycles. The van der Waals surface area contributed by atoms with Crippen LogP contribution in [0.4, 0.5) is 5.82 Å². The Hall–Kier alpha value is -1.66. The Morgan fingerprint density at radius 2 is 2.24 bits per heavy atom. The van der Waals surface area contributed by atoms with Crippen molar-refractivity contribution >= 4 is 11.8 Å². The number of aromatic nitrogens is 1. The zero-order valence-electron chi connectivity index (χ0n) is 12.7. The van der Waals surface area contributed by atoms with E-state index >= 15 is 0 Å².